The average molecular weight is 298 g/mol. The molecule has 0 aromatic heterocycles. The zero-order valence-corrected chi connectivity index (χ0v) is 12.1. The van der Waals surface area contributed by atoms with Gasteiger partial charge in [0.2, 0.25) is 5.91 Å². The highest BCUT2D eigenvalue weighted by Gasteiger charge is 2.33. The number of hydrogen-bond donors (Lipinski definition) is 3. The van der Waals surface area contributed by atoms with E-state index in [4.69, 9.17) is 11.6 Å². The van der Waals surface area contributed by atoms with Crippen molar-refractivity contribution in [3.8, 4) is 0 Å². The van der Waals surface area contributed by atoms with E-state index in [2.05, 4.69) is 5.32 Å². The van der Waals surface area contributed by atoms with Crippen LogP contribution in [0.3, 0.4) is 0 Å². The standard InChI is InChI=1S/C15H20ClNO3/c16-12-5-3-11(4-6-12)13(10-18)17-14(19)9-15(20)7-1-2-8-15/h3-6,13,18,20H,1-2,7-10H2,(H,17,19). The van der Waals surface area contributed by atoms with Crippen LogP contribution in [0.25, 0.3) is 0 Å². The lowest BCUT2D eigenvalue weighted by molar-refractivity contribution is -0.127. The van der Waals surface area contributed by atoms with Crippen molar-refractivity contribution in [2.75, 3.05) is 6.61 Å². The molecule has 5 heteroatoms. The molecule has 1 aromatic carbocycles. The van der Waals surface area contributed by atoms with E-state index < -0.39 is 11.6 Å². The first-order valence-corrected chi connectivity index (χ1v) is 7.28. The minimum Gasteiger partial charge on any atom is -0.394 e. The summed E-state index contributed by atoms with van der Waals surface area (Å²) < 4.78 is 0. The van der Waals surface area contributed by atoms with Crippen LogP contribution < -0.4 is 5.32 Å². The van der Waals surface area contributed by atoms with Gasteiger partial charge in [-0.25, -0.2) is 0 Å². The Kier molecular flexibility index (Phi) is 5.02. The molecule has 0 bridgehead atoms. The van der Waals surface area contributed by atoms with Crippen molar-refractivity contribution in [3.63, 3.8) is 0 Å². The second-order valence-electron chi connectivity index (χ2n) is 5.46. The fourth-order valence-corrected chi connectivity index (χ4v) is 2.81. The summed E-state index contributed by atoms with van der Waals surface area (Å²) in [5.41, 5.74) is -0.0759. The van der Waals surface area contributed by atoms with Gasteiger partial charge in [-0.3, -0.25) is 4.79 Å². The van der Waals surface area contributed by atoms with E-state index in [0.717, 1.165) is 18.4 Å². The highest BCUT2D eigenvalue weighted by molar-refractivity contribution is 6.30. The predicted molar refractivity (Wildman–Crippen MR) is 77.5 cm³/mol. The summed E-state index contributed by atoms with van der Waals surface area (Å²) in [4.78, 5) is 12.0. The molecule has 1 aliphatic rings. The molecule has 110 valence electrons. The molecule has 0 heterocycles. The first-order chi connectivity index (χ1) is 9.52. The van der Waals surface area contributed by atoms with Gasteiger partial charge in [0.15, 0.2) is 0 Å². The molecule has 20 heavy (non-hydrogen) atoms. The van der Waals surface area contributed by atoms with E-state index in [1.165, 1.54) is 0 Å². The predicted octanol–water partition coefficient (Wildman–Crippen LogP) is 2.18. The van der Waals surface area contributed by atoms with Gasteiger partial charge in [0.25, 0.3) is 0 Å². The molecule has 0 spiro atoms. The van der Waals surface area contributed by atoms with Crippen molar-refractivity contribution >= 4 is 17.5 Å². The number of aliphatic hydroxyl groups excluding tert-OH is 1. The maximum absolute atomic E-state index is 12.0. The number of amides is 1. The van der Waals surface area contributed by atoms with Gasteiger partial charge in [0.05, 0.1) is 24.7 Å². The van der Waals surface area contributed by atoms with Gasteiger partial charge in [-0.2, -0.15) is 0 Å². The monoisotopic (exact) mass is 297 g/mol. The van der Waals surface area contributed by atoms with Crippen LogP contribution in [-0.2, 0) is 4.79 Å². The molecule has 1 aromatic rings. The van der Waals surface area contributed by atoms with E-state index in [1.807, 2.05) is 0 Å². The number of rotatable bonds is 5. The van der Waals surface area contributed by atoms with Crippen LogP contribution in [0, 0.1) is 0 Å². The second kappa shape index (κ2) is 6.57. The maximum Gasteiger partial charge on any atom is 0.223 e. The lowest BCUT2D eigenvalue weighted by Gasteiger charge is -2.23. The Morgan fingerprint density at radius 1 is 1.30 bits per heavy atom. The van der Waals surface area contributed by atoms with Crippen molar-refractivity contribution in [1.29, 1.82) is 0 Å². The summed E-state index contributed by atoms with van der Waals surface area (Å²) in [5.74, 6) is -0.233. The van der Waals surface area contributed by atoms with E-state index >= 15 is 0 Å². The largest absolute Gasteiger partial charge is 0.394 e. The molecule has 1 saturated carbocycles. The van der Waals surface area contributed by atoms with E-state index in [9.17, 15) is 15.0 Å². The maximum atomic E-state index is 12.0. The van der Waals surface area contributed by atoms with Crippen LogP contribution in [0.15, 0.2) is 24.3 Å². The van der Waals surface area contributed by atoms with Gasteiger partial charge in [-0.05, 0) is 30.5 Å². The molecule has 1 aliphatic carbocycles. The van der Waals surface area contributed by atoms with Gasteiger partial charge >= 0.3 is 0 Å². The number of carbonyl (C=O) groups is 1. The quantitative estimate of drug-likeness (QED) is 0.780. The van der Waals surface area contributed by atoms with Crippen molar-refractivity contribution < 1.29 is 15.0 Å². The van der Waals surface area contributed by atoms with E-state index in [1.54, 1.807) is 24.3 Å². The lowest BCUT2D eigenvalue weighted by atomic mass is 9.97. The van der Waals surface area contributed by atoms with Crippen LogP contribution in [0.5, 0.6) is 0 Å². The minimum absolute atomic E-state index is 0.0943. The average Bonchev–Trinajstić information content (AvgIpc) is 2.83. The van der Waals surface area contributed by atoms with E-state index in [0.29, 0.717) is 17.9 Å². The minimum atomic E-state index is -0.871. The SMILES string of the molecule is O=C(CC1(O)CCCC1)NC(CO)c1ccc(Cl)cc1. The van der Waals surface area contributed by atoms with Crippen LogP contribution in [0.1, 0.15) is 43.7 Å². The molecular weight excluding hydrogens is 278 g/mol. The molecule has 0 saturated heterocycles. The zero-order chi connectivity index (χ0) is 14.6. The van der Waals surface area contributed by atoms with Crippen molar-refractivity contribution in [2.24, 2.45) is 0 Å². The third-order valence-corrected chi connectivity index (χ3v) is 4.07. The highest BCUT2D eigenvalue weighted by atomic mass is 35.5. The zero-order valence-electron chi connectivity index (χ0n) is 11.3. The summed E-state index contributed by atoms with van der Waals surface area (Å²) in [7, 11) is 0. The third kappa shape index (κ3) is 3.95. The Morgan fingerprint density at radius 3 is 2.45 bits per heavy atom. The molecule has 4 nitrogen and oxygen atoms in total. The van der Waals surface area contributed by atoms with Gasteiger partial charge in [0.1, 0.15) is 0 Å². The summed E-state index contributed by atoms with van der Waals surface area (Å²) in [6.45, 7) is -0.189. The molecule has 2 rings (SSSR count). The molecule has 0 radical (unpaired) electrons. The number of carbonyl (C=O) groups excluding carboxylic acids is 1. The molecule has 0 aliphatic heterocycles. The van der Waals surface area contributed by atoms with Gasteiger partial charge in [-0.15, -0.1) is 0 Å². The van der Waals surface area contributed by atoms with Crippen molar-refractivity contribution in [3.05, 3.63) is 34.9 Å². The number of nitrogens with one attached hydrogen (secondary N) is 1. The van der Waals surface area contributed by atoms with Gasteiger partial charge in [0, 0.05) is 5.02 Å². The molecule has 1 fully saturated rings. The summed E-state index contributed by atoms with van der Waals surface area (Å²) in [6.07, 6.45) is 3.36. The van der Waals surface area contributed by atoms with Gasteiger partial charge in [-0.1, -0.05) is 36.6 Å². The van der Waals surface area contributed by atoms with Gasteiger partial charge < -0.3 is 15.5 Å². The summed E-state index contributed by atoms with van der Waals surface area (Å²) >= 11 is 5.81. The van der Waals surface area contributed by atoms with Crippen LogP contribution in [-0.4, -0.2) is 28.3 Å². The summed E-state index contributed by atoms with van der Waals surface area (Å²) in [5, 5.41) is 23.0. The number of hydrogen-bond acceptors (Lipinski definition) is 3. The number of halogens is 1. The Labute approximate surface area is 123 Å². The van der Waals surface area contributed by atoms with Crippen LogP contribution >= 0.6 is 11.6 Å². The Balaban J connectivity index is 1.95. The number of benzene rings is 1. The summed E-state index contributed by atoms with van der Waals surface area (Å²) in [6, 6.07) is 6.51. The smallest absolute Gasteiger partial charge is 0.223 e. The van der Waals surface area contributed by atoms with Crippen LogP contribution in [0.2, 0.25) is 5.02 Å². The van der Waals surface area contributed by atoms with Crippen molar-refractivity contribution in [2.45, 2.75) is 43.7 Å². The molecular formula is C15H20ClNO3. The second-order valence-corrected chi connectivity index (χ2v) is 5.90. The fraction of sp³-hybridized carbons (Fsp3) is 0.533. The Bertz CT molecular complexity index is 455. The third-order valence-electron chi connectivity index (χ3n) is 3.81. The number of aliphatic hydroxyl groups is 2. The molecule has 1 amide bonds. The van der Waals surface area contributed by atoms with Crippen LogP contribution in [0.4, 0.5) is 0 Å². The fourth-order valence-electron chi connectivity index (χ4n) is 2.68. The van der Waals surface area contributed by atoms with Crippen molar-refractivity contribution in [1.82, 2.24) is 5.32 Å². The molecule has 1 unspecified atom stereocenters. The van der Waals surface area contributed by atoms with E-state index in [-0.39, 0.29) is 18.9 Å². The first-order valence-electron chi connectivity index (χ1n) is 6.90. The Hall–Kier alpha value is -1.10. The first kappa shape index (κ1) is 15.3. The normalized spacial score (nSPS) is 18.8. The molecule has 1 atom stereocenters. The Morgan fingerprint density at radius 2 is 1.90 bits per heavy atom. The highest BCUT2D eigenvalue weighted by Crippen LogP contribution is 2.32. The molecule has 3 N–H and O–H groups in total. The topological polar surface area (TPSA) is 69.6 Å². The lowest BCUT2D eigenvalue weighted by Crippen LogP contribution is -2.37.